The smallest absolute Gasteiger partial charge is 0.346 e. The summed E-state index contributed by atoms with van der Waals surface area (Å²) in [4.78, 5) is 28.5. The van der Waals surface area contributed by atoms with Crippen molar-refractivity contribution >= 4 is 75.7 Å². The third kappa shape index (κ3) is 1.72. The number of aromatic amines is 1. The van der Waals surface area contributed by atoms with Crippen LogP contribution in [0.3, 0.4) is 0 Å². The Hall–Kier alpha value is -4.44. The fourth-order valence-electron chi connectivity index (χ4n) is 5.72. The summed E-state index contributed by atoms with van der Waals surface area (Å²) in [5.74, 6) is 0. The van der Waals surface area contributed by atoms with E-state index in [0.717, 1.165) is 38.0 Å². The molecule has 0 amide bonds. The fourth-order valence-corrected chi connectivity index (χ4v) is 5.72. The molecule has 0 saturated carbocycles. The maximum absolute atomic E-state index is 12.4. The van der Waals surface area contributed by atoms with Crippen molar-refractivity contribution in [3.63, 3.8) is 0 Å². The summed E-state index contributed by atoms with van der Waals surface area (Å²) in [6, 6.07) is 24.5. The van der Waals surface area contributed by atoms with E-state index in [9.17, 15) is 9.59 Å². The highest BCUT2D eigenvalue weighted by molar-refractivity contribution is 6.40. The molecule has 1 N–H and O–H groups in total. The summed E-state index contributed by atoms with van der Waals surface area (Å²) < 4.78 is 4.96. The van der Waals surface area contributed by atoms with Crippen LogP contribution in [0.15, 0.2) is 86.8 Å². The normalized spacial score (nSPS) is 12.6. The van der Waals surface area contributed by atoms with Crippen LogP contribution in [0.5, 0.6) is 0 Å². The van der Waals surface area contributed by atoms with Gasteiger partial charge in [0.15, 0.2) is 0 Å². The lowest BCUT2D eigenvalue weighted by Gasteiger charge is -2.18. The maximum Gasteiger partial charge on any atom is 0.346 e. The van der Waals surface area contributed by atoms with Crippen molar-refractivity contribution in [2.45, 2.75) is 0 Å². The van der Waals surface area contributed by atoms with Crippen molar-refractivity contribution in [3.05, 3.63) is 93.6 Å². The van der Waals surface area contributed by atoms with E-state index >= 15 is 0 Å². The van der Waals surface area contributed by atoms with Gasteiger partial charge in [-0.15, -0.1) is 0 Å². The third-order valence-corrected chi connectivity index (χ3v) is 7.01. The lowest BCUT2D eigenvalue weighted by atomic mass is 9.86. The van der Waals surface area contributed by atoms with Gasteiger partial charge < -0.3 is 9.40 Å². The number of hydrogen-bond donors (Lipinski definition) is 1. The number of H-pyrrole nitrogens is 1. The van der Waals surface area contributed by atoms with Crippen molar-refractivity contribution in [1.82, 2.24) is 4.98 Å². The summed E-state index contributed by atoms with van der Waals surface area (Å²) >= 11 is 0. The Kier molecular flexibility index (Phi) is 2.66. The zero-order valence-electron chi connectivity index (χ0n) is 16.7. The van der Waals surface area contributed by atoms with Gasteiger partial charge in [0, 0.05) is 32.6 Å². The van der Waals surface area contributed by atoms with Crippen LogP contribution in [0.4, 0.5) is 0 Å². The van der Waals surface area contributed by atoms with Crippen LogP contribution in [0.2, 0.25) is 0 Å². The van der Waals surface area contributed by atoms with E-state index in [0.29, 0.717) is 16.2 Å². The molecule has 6 aromatic carbocycles. The van der Waals surface area contributed by atoms with E-state index in [4.69, 9.17) is 4.42 Å². The first kappa shape index (κ1) is 16.3. The molecular formula is C28H13NO3. The summed E-state index contributed by atoms with van der Waals surface area (Å²) in [6.07, 6.45) is 0. The number of rotatable bonds is 0. The molecule has 0 aliphatic carbocycles. The fraction of sp³-hybridized carbons (Fsp3) is 0. The number of benzene rings is 6. The zero-order valence-corrected chi connectivity index (χ0v) is 16.7. The molecule has 0 radical (unpaired) electrons. The minimum atomic E-state index is -0.581. The molecule has 8 aromatic rings. The molecular weight excluding hydrogens is 398 g/mol. The van der Waals surface area contributed by atoms with Gasteiger partial charge >= 0.3 is 11.3 Å². The number of hydrogen-bond acceptors (Lipinski definition) is 3. The Bertz CT molecular complexity index is 2100. The molecule has 0 saturated heterocycles. The second-order valence-corrected chi connectivity index (χ2v) is 8.49. The highest BCUT2D eigenvalue weighted by Gasteiger charge is 2.20. The van der Waals surface area contributed by atoms with Crippen LogP contribution in [0.1, 0.15) is 0 Å². The van der Waals surface area contributed by atoms with E-state index in [1.165, 1.54) is 21.5 Å². The van der Waals surface area contributed by atoms with E-state index < -0.39 is 11.3 Å². The van der Waals surface area contributed by atoms with E-state index in [1.54, 1.807) is 12.1 Å². The van der Waals surface area contributed by atoms with Crippen LogP contribution < -0.4 is 11.3 Å². The lowest BCUT2D eigenvalue weighted by molar-refractivity contribution is 0.489. The highest BCUT2D eigenvalue weighted by atomic mass is 16.4. The lowest BCUT2D eigenvalue weighted by Crippen LogP contribution is -2.12. The first-order chi connectivity index (χ1) is 15.7. The number of fused-ring (bicyclic) bond motifs is 4. The monoisotopic (exact) mass is 411 g/mol. The molecule has 4 nitrogen and oxygen atoms in total. The molecule has 0 bridgehead atoms. The van der Waals surface area contributed by atoms with Crippen LogP contribution >= 0.6 is 0 Å². The summed E-state index contributed by atoms with van der Waals surface area (Å²) in [6.45, 7) is 0. The number of nitrogens with one attached hydrogen (secondary N) is 1. The van der Waals surface area contributed by atoms with Crippen molar-refractivity contribution < 1.29 is 4.42 Å². The summed E-state index contributed by atoms with van der Waals surface area (Å²) in [7, 11) is 0. The molecule has 0 atom stereocenters. The van der Waals surface area contributed by atoms with Gasteiger partial charge in [-0.1, -0.05) is 48.5 Å². The molecule has 0 aliphatic rings. The predicted molar refractivity (Wildman–Crippen MR) is 131 cm³/mol. The largest absolute Gasteiger partial charge is 0.386 e. The zero-order chi connectivity index (χ0) is 21.1. The second kappa shape index (κ2) is 5.24. The Morgan fingerprint density at radius 1 is 0.438 bits per heavy atom. The minimum absolute atomic E-state index is 0.449. The van der Waals surface area contributed by atoms with E-state index in [1.807, 2.05) is 18.2 Å². The Labute approximate surface area is 179 Å². The van der Waals surface area contributed by atoms with Crippen molar-refractivity contribution in [2.24, 2.45) is 0 Å². The van der Waals surface area contributed by atoms with Gasteiger partial charge in [0.25, 0.3) is 0 Å². The first-order valence-electron chi connectivity index (χ1n) is 10.5. The van der Waals surface area contributed by atoms with Crippen LogP contribution in [-0.2, 0) is 0 Å². The molecule has 8 rings (SSSR count). The number of pyridine rings is 1. The van der Waals surface area contributed by atoms with E-state index in [2.05, 4.69) is 47.4 Å². The number of para-hydroxylation sites is 1. The van der Waals surface area contributed by atoms with E-state index in [-0.39, 0.29) is 0 Å². The standard InChI is InChI=1S/C28H13NO3/c30-27-19-9-7-15-17-6-5-14-13-3-1-2-4-21(13)29-22-12-11-18(24(17)26(14)22)16-8-10-20(28(31)32-27)25(19)23(15)16/h1-12,29H. The average molecular weight is 411 g/mol. The van der Waals surface area contributed by atoms with Gasteiger partial charge in [-0.05, 0) is 56.6 Å². The Morgan fingerprint density at radius 2 is 0.906 bits per heavy atom. The first-order valence-corrected chi connectivity index (χ1v) is 10.5. The molecule has 4 heteroatoms. The molecule has 2 aromatic heterocycles. The molecule has 32 heavy (non-hydrogen) atoms. The van der Waals surface area contributed by atoms with Crippen LogP contribution in [0.25, 0.3) is 75.7 Å². The number of aromatic nitrogens is 1. The van der Waals surface area contributed by atoms with Gasteiger partial charge in [-0.25, -0.2) is 9.59 Å². The van der Waals surface area contributed by atoms with Crippen molar-refractivity contribution in [1.29, 1.82) is 0 Å². The Morgan fingerprint density at radius 3 is 1.56 bits per heavy atom. The SMILES string of the molecule is O=c1oc(=O)c2ccc3c4ccc5c6ccccc6[nH]c6ccc(c7ccc1c2c73)c4c65. The Balaban J connectivity index is 1.76. The molecule has 2 heterocycles. The minimum Gasteiger partial charge on any atom is -0.386 e. The van der Waals surface area contributed by atoms with Gasteiger partial charge in [0.2, 0.25) is 0 Å². The maximum atomic E-state index is 12.4. The van der Waals surface area contributed by atoms with Crippen molar-refractivity contribution in [2.75, 3.05) is 0 Å². The summed E-state index contributed by atoms with van der Waals surface area (Å²) in [5.41, 5.74) is 1.04. The molecule has 0 aliphatic heterocycles. The molecule has 0 unspecified atom stereocenters. The third-order valence-electron chi connectivity index (χ3n) is 7.01. The van der Waals surface area contributed by atoms with Crippen molar-refractivity contribution in [3.8, 4) is 0 Å². The van der Waals surface area contributed by atoms with Crippen LogP contribution in [0, 0.1) is 0 Å². The molecule has 0 fully saturated rings. The topological polar surface area (TPSA) is 63.1 Å². The molecule has 0 spiro atoms. The van der Waals surface area contributed by atoms with Crippen LogP contribution in [-0.4, -0.2) is 4.98 Å². The van der Waals surface area contributed by atoms with Gasteiger partial charge in [0.05, 0.1) is 10.8 Å². The highest BCUT2D eigenvalue weighted by Crippen LogP contribution is 2.45. The molecule has 148 valence electrons. The summed E-state index contributed by atoms with van der Waals surface area (Å²) in [5, 5.41) is 11.7. The van der Waals surface area contributed by atoms with Gasteiger partial charge in [-0.3, -0.25) is 0 Å². The second-order valence-electron chi connectivity index (χ2n) is 8.49. The quantitative estimate of drug-likeness (QED) is 0.236. The van der Waals surface area contributed by atoms with Gasteiger partial charge in [0.1, 0.15) is 0 Å². The predicted octanol–water partition coefficient (Wildman–Crippen LogP) is 6.28. The average Bonchev–Trinajstić information content (AvgIpc) is 2.82. The van der Waals surface area contributed by atoms with Gasteiger partial charge in [-0.2, -0.15) is 0 Å².